The molecule has 4 rings (SSSR count). The Morgan fingerprint density at radius 1 is 1.29 bits per heavy atom. The summed E-state index contributed by atoms with van der Waals surface area (Å²) in [6.45, 7) is 1.19. The second-order valence-corrected chi connectivity index (χ2v) is 8.72. The summed E-state index contributed by atoms with van der Waals surface area (Å²) >= 11 is 1.10. The van der Waals surface area contributed by atoms with Crippen molar-refractivity contribution in [3.05, 3.63) is 71.1 Å². The molecule has 2 heterocycles. The van der Waals surface area contributed by atoms with E-state index in [-0.39, 0.29) is 28.8 Å². The Kier molecular flexibility index (Phi) is 6.04. The van der Waals surface area contributed by atoms with Crippen LogP contribution in [0, 0.1) is 5.92 Å². The van der Waals surface area contributed by atoms with Crippen molar-refractivity contribution >= 4 is 17.2 Å². The van der Waals surface area contributed by atoms with Gasteiger partial charge in [0.05, 0.1) is 6.04 Å². The highest BCUT2D eigenvalue weighted by atomic mass is 32.1. The van der Waals surface area contributed by atoms with Crippen LogP contribution in [0.5, 0.6) is 5.06 Å². The molecule has 1 amide bonds. The molecule has 1 aliphatic carbocycles. The maximum absolute atomic E-state index is 12.7. The zero-order valence-electron chi connectivity index (χ0n) is 16.8. The lowest BCUT2D eigenvalue weighted by Crippen LogP contribution is -2.28. The lowest BCUT2D eigenvalue weighted by molar-refractivity contribution is -0.152. The summed E-state index contributed by atoms with van der Waals surface area (Å²) in [5, 5.41) is 3.14. The predicted octanol–water partition coefficient (Wildman–Crippen LogP) is 4.91. The molecule has 5 nitrogen and oxygen atoms in total. The summed E-state index contributed by atoms with van der Waals surface area (Å²) < 4.78 is 43.7. The maximum Gasteiger partial charge on any atom is 0.422 e. The Bertz CT molecular complexity index is 1030. The zero-order valence-corrected chi connectivity index (χ0v) is 17.6. The van der Waals surface area contributed by atoms with E-state index in [0.29, 0.717) is 6.54 Å². The lowest BCUT2D eigenvalue weighted by Gasteiger charge is -2.13. The van der Waals surface area contributed by atoms with Crippen LogP contribution in [0.25, 0.3) is 0 Å². The van der Waals surface area contributed by atoms with Gasteiger partial charge in [-0.15, -0.1) is 11.3 Å². The third-order valence-corrected chi connectivity index (χ3v) is 6.35. The van der Waals surface area contributed by atoms with Gasteiger partial charge in [-0.3, -0.25) is 4.79 Å². The lowest BCUT2D eigenvalue weighted by atomic mass is 10.2. The number of carbonyl (C=O) groups is 1. The van der Waals surface area contributed by atoms with Crippen LogP contribution in [-0.2, 0) is 11.3 Å². The zero-order chi connectivity index (χ0) is 22.0. The Morgan fingerprint density at radius 3 is 2.81 bits per heavy atom. The van der Waals surface area contributed by atoms with Crippen LogP contribution in [0.4, 0.5) is 13.2 Å². The molecule has 0 spiro atoms. The summed E-state index contributed by atoms with van der Waals surface area (Å²) in [6.07, 6.45) is 0.0284. The average Bonchev–Trinajstić information content (AvgIpc) is 3.15. The van der Waals surface area contributed by atoms with Crippen LogP contribution in [0.3, 0.4) is 0 Å². The molecule has 31 heavy (non-hydrogen) atoms. The molecule has 0 bridgehead atoms. The molecule has 1 saturated carbocycles. The first-order valence-corrected chi connectivity index (χ1v) is 10.8. The van der Waals surface area contributed by atoms with Crippen molar-refractivity contribution in [1.82, 2.24) is 14.9 Å². The first-order chi connectivity index (χ1) is 14.8. The van der Waals surface area contributed by atoms with Crippen LogP contribution < -0.4 is 10.1 Å². The van der Waals surface area contributed by atoms with Crippen molar-refractivity contribution in [2.24, 2.45) is 5.92 Å². The van der Waals surface area contributed by atoms with Gasteiger partial charge in [0.2, 0.25) is 5.91 Å². The number of ether oxygens (including phenoxy) is 1. The monoisotopic (exact) mass is 449 g/mol. The molecular formula is C22H22F3N3O2S. The number of benzene rings is 1. The molecule has 1 aliphatic rings. The van der Waals surface area contributed by atoms with E-state index < -0.39 is 12.8 Å². The van der Waals surface area contributed by atoms with E-state index >= 15 is 0 Å². The molecule has 3 atom stereocenters. The minimum absolute atomic E-state index is 0.0694. The highest BCUT2D eigenvalue weighted by molar-refractivity contribution is 7.13. The predicted molar refractivity (Wildman–Crippen MR) is 111 cm³/mol. The smallest absolute Gasteiger partial charge is 0.422 e. The molecule has 0 saturated heterocycles. The second-order valence-electron chi connectivity index (χ2n) is 7.64. The Labute approximate surface area is 181 Å². The number of hydrogen-bond donors (Lipinski definition) is 1. The molecule has 164 valence electrons. The number of nitrogens with zero attached hydrogens (tertiary/aromatic N) is 2. The normalized spacial score (nSPS) is 19.1. The number of aromatic nitrogens is 2. The molecule has 1 aromatic carbocycles. The van der Waals surface area contributed by atoms with Gasteiger partial charge in [-0.25, -0.2) is 4.98 Å². The van der Waals surface area contributed by atoms with Crippen molar-refractivity contribution in [1.29, 1.82) is 0 Å². The van der Waals surface area contributed by atoms with Gasteiger partial charge in [0.15, 0.2) is 11.7 Å². The summed E-state index contributed by atoms with van der Waals surface area (Å²) in [5.74, 6) is 0.744. The SMILES string of the molecule is C[C@@H](NC(=O)[C@H]1C[C@@H]1c1nccn1Cc1ccccc1)c1ccc(OCC(F)(F)F)s1. The van der Waals surface area contributed by atoms with E-state index in [4.69, 9.17) is 4.74 Å². The van der Waals surface area contributed by atoms with E-state index in [2.05, 4.69) is 27.0 Å². The molecule has 9 heteroatoms. The van der Waals surface area contributed by atoms with Gasteiger partial charge in [0.25, 0.3) is 0 Å². The highest BCUT2D eigenvalue weighted by Crippen LogP contribution is 2.47. The van der Waals surface area contributed by atoms with Crippen LogP contribution in [0.1, 0.15) is 41.6 Å². The standard InChI is InChI=1S/C22H22F3N3O2S/c1-14(18-7-8-19(31-18)30-13-22(23,24)25)27-21(29)17-11-16(17)20-26-9-10-28(20)12-15-5-3-2-4-6-15/h2-10,14,16-17H,11-13H2,1H3,(H,27,29)/t14-,16+,17+/m1/s1. The summed E-state index contributed by atoms with van der Waals surface area (Å²) in [6, 6.07) is 12.9. The first kappa shape index (κ1) is 21.4. The van der Waals surface area contributed by atoms with Crippen LogP contribution in [-0.4, -0.2) is 28.2 Å². The van der Waals surface area contributed by atoms with Gasteiger partial charge in [0.1, 0.15) is 5.82 Å². The first-order valence-electron chi connectivity index (χ1n) is 9.95. The molecule has 1 N–H and O–H groups in total. The largest absolute Gasteiger partial charge is 0.475 e. The summed E-state index contributed by atoms with van der Waals surface area (Å²) in [4.78, 5) is 17.9. The van der Waals surface area contributed by atoms with E-state index in [9.17, 15) is 18.0 Å². The van der Waals surface area contributed by atoms with Gasteiger partial charge in [0, 0.05) is 35.7 Å². The summed E-state index contributed by atoms with van der Waals surface area (Å²) in [7, 11) is 0. The van der Waals surface area contributed by atoms with Gasteiger partial charge in [-0.2, -0.15) is 13.2 Å². The Hall–Kier alpha value is -2.81. The minimum Gasteiger partial charge on any atom is -0.475 e. The van der Waals surface area contributed by atoms with Crippen LogP contribution >= 0.6 is 11.3 Å². The molecule has 0 unspecified atom stereocenters. The number of rotatable bonds is 8. The third-order valence-electron chi connectivity index (χ3n) is 5.17. The van der Waals surface area contributed by atoms with Gasteiger partial charge in [-0.05, 0) is 31.0 Å². The van der Waals surface area contributed by atoms with Crippen molar-refractivity contribution in [3.8, 4) is 5.06 Å². The topological polar surface area (TPSA) is 56.2 Å². The molecule has 1 fully saturated rings. The number of carbonyl (C=O) groups excluding carboxylic acids is 1. The van der Waals surface area contributed by atoms with Crippen LogP contribution in [0.15, 0.2) is 54.9 Å². The van der Waals surface area contributed by atoms with Crippen molar-refractivity contribution in [3.63, 3.8) is 0 Å². The number of halogens is 3. The third kappa shape index (κ3) is 5.46. The minimum atomic E-state index is -4.38. The van der Waals surface area contributed by atoms with Crippen molar-refractivity contribution < 1.29 is 22.7 Å². The molecule has 0 radical (unpaired) electrons. The molecule has 3 aromatic rings. The number of hydrogen-bond acceptors (Lipinski definition) is 4. The van der Waals surface area contributed by atoms with E-state index in [1.807, 2.05) is 31.3 Å². The van der Waals surface area contributed by atoms with Crippen LogP contribution in [0.2, 0.25) is 0 Å². The van der Waals surface area contributed by atoms with Crippen molar-refractivity contribution in [2.45, 2.75) is 38.0 Å². The van der Waals surface area contributed by atoms with Gasteiger partial charge < -0.3 is 14.6 Å². The maximum atomic E-state index is 12.7. The Morgan fingerprint density at radius 2 is 2.06 bits per heavy atom. The highest BCUT2D eigenvalue weighted by Gasteiger charge is 2.46. The fourth-order valence-corrected chi connectivity index (χ4v) is 4.38. The van der Waals surface area contributed by atoms with Gasteiger partial charge >= 0.3 is 6.18 Å². The number of thiophene rings is 1. The average molecular weight is 449 g/mol. The van der Waals surface area contributed by atoms with E-state index in [1.54, 1.807) is 12.3 Å². The van der Waals surface area contributed by atoms with E-state index in [1.165, 1.54) is 11.6 Å². The number of nitrogens with one attached hydrogen (secondary N) is 1. The van der Waals surface area contributed by atoms with Crippen molar-refractivity contribution in [2.75, 3.05) is 6.61 Å². The number of alkyl halides is 3. The molecular weight excluding hydrogens is 427 g/mol. The molecule has 0 aliphatic heterocycles. The number of imidazole rings is 1. The fourth-order valence-electron chi connectivity index (χ4n) is 3.52. The summed E-state index contributed by atoms with van der Waals surface area (Å²) in [5.41, 5.74) is 1.17. The quantitative estimate of drug-likeness (QED) is 0.531. The van der Waals surface area contributed by atoms with Gasteiger partial charge in [-0.1, -0.05) is 30.3 Å². The Balaban J connectivity index is 1.32. The molecule has 2 aromatic heterocycles. The second kappa shape index (κ2) is 8.74. The fraction of sp³-hybridized carbons (Fsp3) is 0.364. The number of amides is 1. The van der Waals surface area contributed by atoms with E-state index in [0.717, 1.165) is 28.5 Å².